The minimum absolute atomic E-state index is 0.0123. The van der Waals surface area contributed by atoms with E-state index in [1.165, 1.54) is 25.6 Å². The van der Waals surface area contributed by atoms with Crippen molar-refractivity contribution >= 4 is 5.91 Å². The first-order chi connectivity index (χ1) is 13.6. The molecule has 0 atom stereocenters. The van der Waals surface area contributed by atoms with E-state index in [1.54, 1.807) is 17.0 Å². The van der Waals surface area contributed by atoms with E-state index >= 15 is 0 Å². The predicted octanol–water partition coefficient (Wildman–Crippen LogP) is 2.04. The average molecular weight is 389 g/mol. The van der Waals surface area contributed by atoms with Gasteiger partial charge in [0.1, 0.15) is 12.4 Å². The van der Waals surface area contributed by atoms with Crippen molar-refractivity contribution < 1.29 is 23.8 Å². The first-order valence-electron chi connectivity index (χ1n) is 9.22. The quantitative estimate of drug-likeness (QED) is 0.780. The lowest BCUT2D eigenvalue weighted by Crippen LogP contribution is -2.41. The lowest BCUT2D eigenvalue weighted by atomic mass is 9.98. The number of carbonyl (C=O) groups is 1. The first-order valence-corrected chi connectivity index (χ1v) is 9.22. The van der Waals surface area contributed by atoms with Crippen LogP contribution in [0.4, 0.5) is 4.39 Å². The van der Waals surface area contributed by atoms with Crippen molar-refractivity contribution in [2.45, 2.75) is 19.4 Å². The molecule has 1 N–H and O–H groups in total. The Balaban J connectivity index is 1.53. The molecule has 0 radical (unpaired) electrons. The summed E-state index contributed by atoms with van der Waals surface area (Å²) >= 11 is 0. The minimum Gasteiger partial charge on any atom is -0.463 e. The number of likely N-dealkylation sites (tertiary alicyclic amines) is 1. The number of aliphatic hydroxyl groups excluding tert-OH is 1. The molecule has 0 aliphatic carbocycles. The molecule has 0 spiro atoms. The van der Waals surface area contributed by atoms with Crippen molar-refractivity contribution in [1.29, 1.82) is 0 Å². The number of ether oxygens (including phenoxy) is 2. The van der Waals surface area contributed by atoms with Crippen LogP contribution in [0.25, 0.3) is 11.1 Å². The molecule has 150 valence electrons. The number of nitrogens with zero attached hydrogens (tertiary/aromatic N) is 3. The van der Waals surface area contributed by atoms with Crippen molar-refractivity contribution in [2.75, 3.05) is 33.4 Å². The number of hydrogen-bond donors (Lipinski definition) is 1. The Labute approximate surface area is 163 Å². The van der Waals surface area contributed by atoms with Crippen molar-refractivity contribution in [1.82, 2.24) is 14.9 Å². The summed E-state index contributed by atoms with van der Waals surface area (Å²) in [6, 6.07) is 5.07. The highest BCUT2D eigenvalue weighted by atomic mass is 19.1. The maximum Gasteiger partial charge on any atom is 0.316 e. The largest absolute Gasteiger partial charge is 0.463 e. The number of rotatable bonds is 7. The van der Waals surface area contributed by atoms with Gasteiger partial charge in [0.05, 0.1) is 13.2 Å². The average Bonchev–Trinajstić information content (AvgIpc) is 2.73. The lowest BCUT2D eigenvalue weighted by Gasteiger charge is -2.31. The second-order valence-electron chi connectivity index (χ2n) is 6.76. The van der Waals surface area contributed by atoms with E-state index in [0.717, 1.165) is 12.8 Å². The van der Waals surface area contributed by atoms with Gasteiger partial charge < -0.3 is 19.5 Å². The van der Waals surface area contributed by atoms with Gasteiger partial charge in [0.15, 0.2) is 0 Å². The minimum atomic E-state index is -0.475. The number of piperidine rings is 1. The number of aliphatic hydroxyl groups is 1. The molecule has 1 aliphatic heterocycles. The van der Waals surface area contributed by atoms with E-state index in [9.17, 15) is 14.3 Å². The number of carbonyl (C=O) groups excluding carboxylic acids is 1. The number of halogens is 1. The van der Waals surface area contributed by atoms with Crippen molar-refractivity contribution in [2.24, 2.45) is 5.92 Å². The second-order valence-corrected chi connectivity index (χ2v) is 6.76. The highest BCUT2D eigenvalue weighted by Crippen LogP contribution is 2.25. The molecule has 2 heterocycles. The normalized spacial score (nSPS) is 14.9. The molecule has 28 heavy (non-hydrogen) atoms. The summed E-state index contributed by atoms with van der Waals surface area (Å²) in [5.74, 6) is -0.135. The molecule has 0 unspecified atom stereocenters. The molecule has 1 fully saturated rings. The Morgan fingerprint density at radius 3 is 2.64 bits per heavy atom. The molecule has 8 heteroatoms. The van der Waals surface area contributed by atoms with Crippen LogP contribution < -0.4 is 4.74 Å². The predicted molar refractivity (Wildman–Crippen MR) is 100 cm³/mol. The van der Waals surface area contributed by atoms with Crippen LogP contribution in [0.3, 0.4) is 0 Å². The molecule has 1 saturated heterocycles. The molecule has 1 amide bonds. The zero-order valence-corrected chi connectivity index (χ0v) is 15.8. The monoisotopic (exact) mass is 389 g/mol. The molecule has 1 aliphatic rings. The van der Waals surface area contributed by atoms with Crippen LogP contribution in [0.5, 0.6) is 6.01 Å². The number of hydrogen-bond acceptors (Lipinski definition) is 6. The van der Waals surface area contributed by atoms with E-state index in [4.69, 9.17) is 9.47 Å². The van der Waals surface area contributed by atoms with Gasteiger partial charge in [-0.15, -0.1) is 0 Å². The summed E-state index contributed by atoms with van der Waals surface area (Å²) in [5, 5.41) is 9.18. The smallest absolute Gasteiger partial charge is 0.316 e. The fraction of sp³-hybridized carbons (Fsp3) is 0.450. The van der Waals surface area contributed by atoms with E-state index in [2.05, 4.69) is 9.97 Å². The fourth-order valence-electron chi connectivity index (χ4n) is 3.21. The lowest BCUT2D eigenvalue weighted by molar-refractivity contribution is -0.136. The fourth-order valence-corrected chi connectivity index (χ4v) is 3.21. The molecule has 3 rings (SSSR count). The van der Waals surface area contributed by atoms with Gasteiger partial charge >= 0.3 is 6.01 Å². The maximum absolute atomic E-state index is 14.3. The summed E-state index contributed by atoms with van der Waals surface area (Å²) in [4.78, 5) is 21.9. The molecule has 7 nitrogen and oxygen atoms in total. The Bertz CT molecular complexity index is 793. The SMILES string of the molecule is COCC(=O)N1CCC(COc2ncc(-c3cccc(CO)c3F)cn2)CC1. The van der Waals surface area contributed by atoms with Gasteiger partial charge in [-0.25, -0.2) is 14.4 Å². The molecular formula is C20H24FN3O4. The van der Waals surface area contributed by atoms with E-state index in [0.29, 0.717) is 36.7 Å². The van der Waals surface area contributed by atoms with Gasteiger partial charge in [0, 0.05) is 49.3 Å². The third-order valence-corrected chi connectivity index (χ3v) is 4.87. The molecule has 1 aromatic heterocycles. The highest BCUT2D eigenvalue weighted by Gasteiger charge is 2.23. The Morgan fingerprint density at radius 2 is 2.00 bits per heavy atom. The highest BCUT2D eigenvalue weighted by molar-refractivity contribution is 5.77. The van der Waals surface area contributed by atoms with Crippen LogP contribution in [0.2, 0.25) is 0 Å². The van der Waals surface area contributed by atoms with Crippen molar-refractivity contribution in [3.05, 3.63) is 42.0 Å². The molecule has 0 saturated carbocycles. The third kappa shape index (κ3) is 4.82. The summed E-state index contributed by atoms with van der Waals surface area (Å²) in [6.07, 6.45) is 4.72. The van der Waals surface area contributed by atoms with Crippen LogP contribution >= 0.6 is 0 Å². The van der Waals surface area contributed by atoms with Gasteiger partial charge in [-0.1, -0.05) is 18.2 Å². The molecule has 1 aromatic carbocycles. The van der Waals surface area contributed by atoms with Gasteiger partial charge in [0.2, 0.25) is 5.91 Å². The van der Waals surface area contributed by atoms with Crippen molar-refractivity contribution in [3.63, 3.8) is 0 Å². The topological polar surface area (TPSA) is 84.8 Å². The van der Waals surface area contributed by atoms with Crippen molar-refractivity contribution in [3.8, 4) is 17.1 Å². The third-order valence-electron chi connectivity index (χ3n) is 4.87. The van der Waals surface area contributed by atoms with Crippen LogP contribution in [0, 0.1) is 11.7 Å². The Kier molecular flexibility index (Phi) is 6.89. The molecular weight excluding hydrogens is 365 g/mol. The van der Waals surface area contributed by atoms with Crippen LogP contribution in [-0.2, 0) is 16.1 Å². The summed E-state index contributed by atoms with van der Waals surface area (Å²) in [5.41, 5.74) is 1.09. The van der Waals surface area contributed by atoms with Gasteiger partial charge in [-0.05, 0) is 18.8 Å². The number of aromatic nitrogens is 2. The van der Waals surface area contributed by atoms with E-state index in [1.807, 2.05) is 0 Å². The van der Waals surface area contributed by atoms with Crippen LogP contribution in [-0.4, -0.2) is 59.3 Å². The zero-order chi connectivity index (χ0) is 19.9. The van der Waals surface area contributed by atoms with Crippen LogP contribution in [0.1, 0.15) is 18.4 Å². The summed E-state index contributed by atoms with van der Waals surface area (Å²) in [7, 11) is 1.52. The second kappa shape index (κ2) is 9.57. The standard InChI is InChI=1S/C20H24FN3O4/c1-27-13-18(26)24-7-5-14(6-8-24)12-28-20-22-9-16(10-23-20)17-4-2-3-15(11-25)19(17)21/h2-4,9-10,14,25H,5-8,11-13H2,1H3. The number of amides is 1. The van der Waals surface area contributed by atoms with E-state index in [-0.39, 0.29) is 30.7 Å². The molecule has 0 bridgehead atoms. The maximum atomic E-state index is 14.3. The summed E-state index contributed by atoms with van der Waals surface area (Å²) < 4.78 is 24.9. The zero-order valence-electron chi connectivity index (χ0n) is 15.8. The Hall–Kier alpha value is -2.58. The Morgan fingerprint density at radius 1 is 1.29 bits per heavy atom. The van der Waals surface area contributed by atoms with E-state index < -0.39 is 5.82 Å². The van der Waals surface area contributed by atoms with Gasteiger partial charge in [-0.3, -0.25) is 4.79 Å². The first kappa shape index (κ1) is 20.2. The van der Waals surface area contributed by atoms with Gasteiger partial charge in [0.25, 0.3) is 0 Å². The summed E-state index contributed by atoms with van der Waals surface area (Å²) in [6.45, 7) is 1.60. The van der Waals surface area contributed by atoms with Gasteiger partial charge in [-0.2, -0.15) is 0 Å². The molecule has 2 aromatic rings. The van der Waals surface area contributed by atoms with Crippen LogP contribution in [0.15, 0.2) is 30.6 Å². The number of methoxy groups -OCH3 is 1. The number of benzene rings is 1.